The molecule has 0 saturated carbocycles. The lowest BCUT2D eigenvalue weighted by Crippen LogP contribution is -2.05. The first-order valence-electron chi connectivity index (χ1n) is 5.99. The average molecular weight is 385 g/mol. The van der Waals surface area contributed by atoms with Crippen LogP contribution in [0.3, 0.4) is 0 Å². The minimum atomic E-state index is 0.567. The van der Waals surface area contributed by atoms with Gasteiger partial charge in [-0.1, -0.05) is 40.2 Å². The third kappa shape index (κ3) is 4.34. The average Bonchev–Trinajstić information content (AvgIpc) is 2.38. The molecule has 0 bridgehead atoms. The minimum absolute atomic E-state index is 0.567. The summed E-state index contributed by atoms with van der Waals surface area (Å²) in [6.45, 7) is 1.44. The number of hydrogen-bond donors (Lipinski definition) is 1. The van der Waals surface area contributed by atoms with Crippen molar-refractivity contribution in [3.8, 4) is 5.75 Å². The molecule has 0 aliphatic heterocycles. The van der Waals surface area contributed by atoms with Crippen LogP contribution in [0.1, 0.15) is 11.1 Å². The number of nitrogens with one attached hydrogen (secondary N) is 1. The van der Waals surface area contributed by atoms with Crippen molar-refractivity contribution in [2.24, 2.45) is 0 Å². The Balaban J connectivity index is 2.03. The molecular weight excluding hydrogens is 370 g/mol. The number of ether oxygens (including phenoxy) is 1. The Morgan fingerprint density at radius 3 is 2.58 bits per heavy atom. The van der Waals surface area contributed by atoms with E-state index in [9.17, 15) is 0 Å². The zero-order valence-electron chi connectivity index (χ0n) is 10.6. The van der Waals surface area contributed by atoms with Gasteiger partial charge in [0.15, 0.2) is 0 Å². The Morgan fingerprint density at radius 2 is 1.84 bits per heavy atom. The normalized spacial score (nSPS) is 10.5. The highest BCUT2D eigenvalue weighted by atomic mass is 79.9. The first-order chi connectivity index (χ1) is 9.19. The molecule has 0 saturated heterocycles. The lowest BCUT2D eigenvalue weighted by atomic mass is 10.1. The van der Waals surface area contributed by atoms with Gasteiger partial charge in [0.25, 0.3) is 0 Å². The number of hydrogen-bond acceptors (Lipinski definition) is 2. The van der Waals surface area contributed by atoms with Crippen molar-refractivity contribution in [1.29, 1.82) is 0 Å². The lowest BCUT2D eigenvalue weighted by Gasteiger charge is -2.09. The van der Waals surface area contributed by atoms with E-state index in [2.05, 4.69) is 61.4 Å². The summed E-state index contributed by atoms with van der Waals surface area (Å²) in [4.78, 5) is 0. The molecule has 0 aliphatic rings. The van der Waals surface area contributed by atoms with Crippen molar-refractivity contribution in [1.82, 2.24) is 5.32 Å². The zero-order valence-corrected chi connectivity index (χ0v) is 13.8. The van der Waals surface area contributed by atoms with E-state index in [0.29, 0.717) is 6.61 Å². The summed E-state index contributed by atoms with van der Waals surface area (Å²) in [5.41, 5.74) is 2.43. The van der Waals surface area contributed by atoms with E-state index in [1.54, 1.807) is 0 Å². The lowest BCUT2D eigenvalue weighted by molar-refractivity contribution is 0.304. The van der Waals surface area contributed by atoms with E-state index < -0.39 is 0 Å². The highest BCUT2D eigenvalue weighted by Crippen LogP contribution is 2.28. The van der Waals surface area contributed by atoms with Gasteiger partial charge in [0, 0.05) is 11.0 Å². The second-order valence-electron chi connectivity index (χ2n) is 4.21. The molecule has 19 heavy (non-hydrogen) atoms. The van der Waals surface area contributed by atoms with Crippen LogP contribution in [-0.4, -0.2) is 7.05 Å². The summed E-state index contributed by atoms with van der Waals surface area (Å²) in [7, 11) is 1.95. The standard InChI is InChI=1S/C15H15Br2NO/c1-18-9-11-3-2-4-12(7-11)10-19-15-6-5-13(16)8-14(15)17/h2-8,18H,9-10H2,1H3. The highest BCUT2D eigenvalue weighted by molar-refractivity contribution is 9.11. The fourth-order valence-electron chi connectivity index (χ4n) is 1.79. The Hall–Kier alpha value is -0.840. The minimum Gasteiger partial charge on any atom is -0.488 e. The van der Waals surface area contributed by atoms with Crippen molar-refractivity contribution in [2.45, 2.75) is 13.2 Å². The van der Waals surface area contributed by atoms with Crippen LogP contribution in [0.15, 0.2) is 51.4 Å². The van der Waals surface area contributed by atoms with E-state index in [0.717, 1.165) is 21.2 Å². The molecule has 0 radical (unpaired) electrons. The molecule has 2 rings (SSSR count). The van der Waals surface area contributed by atoms with Gasteiger partial charge in [-0.2, -0.15) is 0 Å². The van der Waals surface area contributed by atoms with Gasteiger partial charge in [-0.25, -0.2) is 0 Å². The molecule has 4 heteroatoms. The van der Waals surface area contributed by atoms with Crippen molar-refractivity contribution in [2.75, 3.05) is 7.05 Å². The van der Waals surface area contributed by atoms with Crippen LogP contribution in [0.5, 0.6) is 5.75 Å². The molecule has 2 aromatic carbocycles. The quantitative estimate of drug-likeness (QED) is 0.818. The second-order valence-corrected chi connectivity index (χ2v) is 5.98. The first kappa shape index (κ1) is 14.6. The van der Waals surface area contributed by atoms with Crippen LogP contribution >= 0.6 is 31.9 Å². The van der Waals surface area contributed by atoms with E-state index >= 15 is 0 Å². The molecule has 0 aliphatic carbocycles. The van der Waals surface area contributed by atoms with E-state index in [-0.39, 0.29) is 0 Å². The molecule has 1 N–H and O–H groups in total. The number of halogens is 2. The van der Waals surface area contributed by atoms with Gasteiger partial charge in [-0.3, -0.25) is 0 Å². The van der Waals surface area contributed by atoms with Gasteiger partial charge < -0.3 is 10.1 Å². The molecule has 0 unspecified atom stereocenters. The molecule has 2 aromatic rings. The topological polar surface area (TPSA) is 21.3 Å². The molecular formula is C15H15Br2NO. The van der Waals surface area contributed by atoms with E-state index in [1.807, 2.05) is 25.2 Å². The summed E-state index contributed by atoms with van der Waals surface area (Å²) >= 11 is 6.92. The molecule has 0 heterocycles. The van der Waals surface area contributed by atoms with Crippen molar-refractivity contribution >= 4 is 31.9 Å². The van der Waals surface area contributed by atoms with Gasteiger partial charge in [0.1, 0.15) is 12.4 Å². The van der Waals surface area contributed by atoms with Gasteiger partial charge >= 0.3 is 0 Å². The molecule has 0 spiro atoms. The van der Waals surface area contributed by atoms with Crippen LogP contribution in [0.25, 0.3) is 0 Å². The van der Waals surface area contributed by atoms with Crippen molar-refractivity contribution in [3.63, 3.8) is 0 Å². The molecule has 0 fully saturated rings. The molecule has 0 atom stereocenters. The zero-order chi connectivity index (χ0) is 13.7. The SMILES string of the molecule is CNCc1cccc(COc2ccc(Br)cc2Br)c1. The highest BCUT2D eigenvalue weighted by Gasteiger charge is 2.02. The largest absolute Gasteiger partial charge is 0.488 e. The van der Waals surface area contributed by atoms with Crippen LogP contribution in [0.4, 0.5) is 0 Å². The van der Waals surface area contributed by atoms with Crippen LogP contribution in [0.2, 0.25) is 0 Å². The van der Waals surface area contributed by atoms with Crippen LogP contribution in [-0.2, 0) is 13.2 Å². The predicted octanol–water partition coefficient (Wildman–Crippen LogP) is 4.51. The van der Waals surface area contributed by atoms with Crippen molar-refractivity contribution in [3.05, 3.63) is 62.5 Å². The predicted molar refractivity (Wildman–Crippen MR) is 85.4 cm³/mol. The van der Waals surface area contributed by atoms with Gasteiger partial charge in [-0.15, -0.1) is 0 Å². The summed E-state index contributed by atoms with van der Waals surface area (Å²) in [6, 6.07) is 14.3. The van der Waals surface area contributed by atoms with Crippen LogP contribution in [0, 0.1) is 0 Å². The Bertz CT molecular complexity index is 558. The molecule has 0 amide bonds. The summed E-state index contributed by atoms with van der Waals surface area (Å²) in [5.74, 6) is 0.849. The third-order valence-electron chi connectivity index (χ3n) is 2.66. The van der Waals surface area contributed by atoms with Crippen LogP contribution < -0.4 is 10.1 Å². The summed E-state index contributed by atoms with van der Waals surface area (Å²) < 4.78 is 7.81. The number of rotatable bonds is 5. The molecule has 2 nitrogen and oxygen atoms in total. The summed E-state index contributed by atoms with van der Waals surface area (Å²) in [5, 5.41) is 3.15. The van der Waals surface area contributed by atoms with E-state index in [4.69, 9.17) is 4.74 Å². The van der Waals surface area contributed by atoms with Crippen molar-refractivity contribution < 1.29 is 4.74 Å². The third-order valence-corrected chi connectivity index (χ3v) is 3.77. The Kier molecular flexibility index (Phi) is 5.43. The van der Waals surface area contributed by atoms with Gasteiger partial charge in [-0.05, 0) is 52.3 Å². The maximum absolute atomic E-state index is 5.82. The first-order valence-corrected chi connectivity index (χ1v) is 7.58. The Morgan fingerprint density at radius 1 is 1.05 bits per heavy atom. The Labute approximate surface area is 130 Å². The maximum Gasteiger partial charge on any atom is 0.134 e. The smallest absolute Gasteiger partial charge is 0.134 e. The molecule has 0 aromatic heterocycles. The van der Waals surface area contributed by atoms with Gasteiger partial charge in [0.05, 0.1) is 4.47 Å². The monoisotopic (exact) mass is 383 g/mol. The summed E-state index contributed by atoms with van der Waals surface area (Å²) in [6.07, 6.45) is 0. The molecule has 100 valence electrons. The maximum atomic E-state index is 5.82. The fourth-order valence-corrected chi connectivity index (χ4v) is 2.95. The number of benzene rings is 2. The fraction of sp³-hybridized carbons (Fsp3) is 0.200. The van der Waals surface area contributed by atoms with Gasteiger partial charge in [0.2, 0.25) is 0 Å². The second kappa shape index (κ2) is 7.08. The van der Waals surface area contributed by atoms with E-state index in [1.165, 1.54) is 11.1 Å².